The van der Waals surface area contributed by atoms with Crippen molar-refractivity contribution in [1.82, 2.24) is 9.97 Å². The average molecular weight is 248 g/mol. The first-order valence-corrected chi connectivity index (χ1v) is 6.74. The average Bonchev–Trinajstić information content (AvgIpc) is 2.92. The van der Waals surface area contributed by atoms with Gasteiger partial charge in [-0.05, 0) is 25.2 Å². The van der Waals surface area contributed by atoms with Crippen molar-refractivity contribution in [2.75, 3.05) is 23.4 Å². The molecule has 18 heavy (non-hydrogen) atoms. The molecule has 3 rings (SSSR count). The standard InChI is InChI=1S/C13H20N4O/c1-9-5-11(9)16-12-6-13(15-8-14-12)17-4-2-3-10(17)7-18/h6,8-11,18H,2-5,7H2,1H3,(H,14,15,16)/t9-,10+,11-/m1/s1. The molecule has 2 aliphatic rings. The summed E-state index contributed by atoms with van der Waals surface area (Å²) in [5, 5.41) is 12.8. The minimum Gasteiger partial charge on any atom is -0.394 e. The van der Waals surface area contributed by atoms with Crippen molar-refractivity contribution in [3.8, 4) is 0 Å². The molecule has 2 heterocycles. The Morgan fingerprint density at radius 3 is 3.06 bits per heavy atom. The highest BCUT2D eigenvalue weighted by atomic mass is 16.3. The van der Waals surface area contributed by atoms with Crippen LogP contribution in [-0.2, 0) is 0 Å². The maximum atomic E-state index is 9.36. The molecule has 0 aromatic carbocycles. The molecule has 5 nitrogen and oxygen atoms in total. The first-order valence-electron chi connectivity index (χ1n) is 6.74. The van der Waals surface area contributed by atoms with E-state index in [9.17, 15) is 5.11 Å². The third kappa shape index (κ3) is 2.27. The van der Waals surface area contributed by atoms with E-state index < -0.39 is 0 Å². The van der Waals surface area contributed by atoms with Gasteiger partial charge in [-0.1, -0.05) is 6.92 Å². The van der Waals surface area contributed by atoms with Gasteiger partial charge in [-0.2, -0.15) is 0 Å². The second-order valence-electron chi connectivity index (χ2n) is 5.40. The lowest BCUT2D eigenvalue weighted by molar-refractivity contribution is 0.266. The summed E-state index contributed by atoms with van der Waals surface area (Å²) in [7, 11) is 0. The van der Waals surface area contributed by atoms with Crippen molar-refractivity contribution >= 4 is 11.6 Å². The van der Waals surface area contributed by atoms with E-state index in [1.54, 1.807) is 6.33 Å². The van der Waals surface area contributed by atoms with Gasteiger partial charge in [-0.15, -0.1) is 0 Å². The van der Waals surface area contributed by atoms with Crippen LogP contribution in [0.1, 0.15) is 26.2 Å². The zero-order valence-electron chi connectivity index (χ0n) is 10.7. The molecule has 5 heteroatoms. The van der Waals surface area contributed by atoms with Gasteiger partial charge in [0.2, 0.25) is 0 Å². The smallest absolute Gasteiger partial charge is 0.134 e. The Hall–Kier alpha value is -1.36. The normalized spacial score (nSPS) is 30.6. The summed E-state index contributed by atoms with van der Waals surface area (Å²) in [6.45, 7) is 3.41. The van der Waals surface area contributed by atoms with Crippen molar-refractivity contribution in [2.24, 2.45) is 5.92 Å². The lowest BCUT2D eigenvalue weighted by Crippen LogP contribution is -2.32. The Bertz CT molecular complexity index is 425. The number of aliphatic hydroxyl groups excluding tert-OH is 1. The van der Waals surface area contributed by atoms with Crippen LogP contribution >= 0.6 is 0 Å². The number of hydrogen-bond acceptors (Lipinski definition) is 5. The van der Waals surface area contributed by atoms with Gasteiger partial charge in [0, 0.05) is 18.7 Å². The van der Waals surface area contributed by atoms with Gasteiger partial charge in [0.05, 0.1) is 12.6 Å². The molecule has 0 spiro atoms. The molecule has 0 bridgehead atoms. The first-order chi connectivity index (χ1) is 8.78. The van der Waals surface area contributed by atoms with Crippen LogP contribution in [0.3, 0.4) is 0 Å². The number of hydrogen-bond donors (Lipinski definition) is 2. The molecule has 1 aromatic rings. The van der Waals surface area contributed by atoms with E-state index in [2.05, 4.69) is 27.1 Å². The van der Waals surface area contributed by atoms with Crippen molar-refractivity contribution in [1.29, 1.82) is 0 Å². The highest BCUT2D eigenvalue weighted by molar-refractivity contribution is 5.50. The van der Waals surface area contributed by atoms with E-state index in [1.165, 1.54) is 6.42 Å². The topological polar surface area (TPSA) is 61.3 Å². The largest absolute Gasteiger partial charge is 0.394 e. The van der Waals surface area contributed by atoms with E-state index in [0.717, 1.165) is 36.9 Å². The highest BCUT2D eigenvalue weighted by Gasteiger charge is 2.33. The Balaban J connectivity index is 1.73. The molecule has 2 N–H and O–H groups in total. The Morgan fingerprint density at radius 2 is 2.33 bits per heavy atom. The molecule has 0 unspecified atom stereocenters. The Kier molecular flexibility index (Phi) is 3.07. The van der Waals surface area contributed by atoms with Gasteiger partial charge in [0.25, 0.3) is 0 Å². The molecule has 1 saturated carbocycles. The molecule has 0 amide bonds. The van der Waals surface area contributed by atoms with E-state index in [0.29, 0.717) is 6.04 Å². The summed E-state index contributed by atoms with van der Waals surface area (Å²) >= 11 is 0. The van der Waals surface area contributed by atoms with Gasteiger partial charge in [0.15, 0.2) is 0 Å². The van der Waals surface area contributed by atoms with Crippen LogP contribution in [0.4, 0.5) is 11.6 Å². The molecule has 2 fully saturated rings. The lowest BCUT2D eigenvalue weighted by atomic mass is 10.2. The van der Waals surface area contributed by atoms with Crippen LogP contribution < -0.4 is 10.2 Å². The zero-order valence-corrected chi connectivity index (χ0v) is 10.7. The molecular weight excluding hydrogens is 228 g/mol. The fraction of sp³-hybridized carbons (Fsp3) is 0.692. The highest BCUT2D eigenvalue weighted by Crippen LogP contribution is 2.33. The maximum absolute atomic E-state index is 9.36. The van der Waals surface area contributed by atoms with Crippen molar-refractivity contribution in [3.63, 3.8) is 0 Å². The monoisotopic (exact) mass is 248 g/mol. The summed E-state index contributed by atoms with van der Waals surface area (Å²) < 4.78 is 0. The zero-order chi connectivity index (χ0) is 12.5. The molecule has 1 aliphatic carbocycles. The van der Waals surface area contributed by atoms with Crippen molar-refractivity contribution < 1.29 is 5.11 Å². The second kappa shape index (κ2) is 4.72. The van der Waals surface area contributed by atoms with Crippen LogP contribution in [-0.4, -0.2) is 40.3 Å². The van der Waals surface area contributed by atoms with E-state index in [-0.39, 0.29) is 12.6 Å². The molecule has 98 valence electrons. The van der Waals surface area contributed by atoms with Crippen LogP contribution in [0.2, 0.25) is 0 Å². The van der Waals surface area contributed by atoms with Gasteiger partial charge in [0.1, 0.15) is 18.0 Å². The van der Waals surface area contributed by atoms with E-state index >= 15 is 0 Å². The fourth-order valence-corrected chi connectivity index (χ4v) is 2.62. The summed E-state index contributed by atoms with van der Waals surface area (Å²) in [5.74, 6) is 2.58. The van der Waals surface area contributed by atoms with E-state index in [4.69, 9.17) is 0 Å². The third-order valence-corrected chi connectivity index (χ3v) is 3.98. The van der Waals surface area contributed by atoms with Gasteiger partial charge in [-0.3, -0.25) is 0 Å². The van der Waals surface area contributed by atoms with Gasteiger partial charge in [-0.25, -0.2) is 9.97 Å². The number of aromatic nitrogens is 2. The van der Waals surface area contributed by atoms with Gasteiger partial charge >= 0.3 is 0 Å². The van der Waals surface area contributed by atoms with Crippen LogP contribution in [0, 0.1) is 5.92 Å². The molecule has 1 aliphatic heterocycles. The SMILES string of the molecule is C[C@@H]1C[C@H]1Nc1cc(N2CCC[C@H]2CO)ncn1. The maximum Gasteiger partial charge on any atom is 0.134 e. The molecule has 1 aromatic heterocycles. The predicted octanol–water partition coefficient (Wildman–Crippen LogP) is 1.26. The molecule has 1 saturated heterocycles. The summed E-state index contributed by atoms with van der Waals surface area (Å²) in [5.41, 5.74) is 0. The minimum absolute atomic E-state index is 0.201. The predicted molar refractivity (Wildman–Crippen MR) is 70.7 cm³/mol. The number of anilines is 2. The van der Waals surface area contributed by atoms with Crippen LogP contribution in [0.15, 0.2) is 12.4 Å². The number of nitrogens with zero attached hydrogens (tertiary/aromatic N) is 3. The lowest BCUT2D eigenvalue weighted by Gasteiger charge is -2.24. The van der Waals surface area contributed by atoms with Crippen molar-refractivity contribution in [2.45, 2.75) is 38.3 Å². The first kappa shape index (κ1) is 11.7. The van der Waals surface area contributed by atoms with Crippen LogP contribution in [0.25, 0.3) is 0 Å². The summed E-state index contributed by atoms with van der Waals surface area (Å²) in [6.07, 6.45) is 5.00. The Labute approximate surface area is 107 Å². The fourth-order valence-electron chi connectivity index (χ4n) is 2.62. The minimum atomic E-state index is 0.201. The molecule has 0 radical (unpaired) electrons. The molecular formula is C13H20N4O. The second-order valence-corrected chi connectivity index (χ2v) is 5.40. The van der Waals surface area contributed by atoms with E-state index in [1.807, 2.05) is 6.07 Å². The summed E-state index contributed by atoms with van der Waals surface area (Å²) in [6, 6.07) is 2.78. The third-order valence-electron chi connectivity index (χ3n) is 3.98. The summed E-state index contributed by atoms with van der Waals surface area (Å²) in [4.78, 5) is 10.8. The number of rotatable bonds is 4. The Morgan fingerprint density at radius 1 is 1.50 bits per heavy atom. The number of aliphatic hydroxyl groups is 1. The number of nitrogens with one attached hydrogen (secondary N) is 1. The van der Waals surface area contributed by atoms with Gasteiger partial charge < -0.3 is 15.3 Å². The quantitative estimate of drug-likeness (QED) is 0.840. The molecule has 3 atom stereocenters. The van der Waals surface area contributed by atoms with Crippen molar-refractivity contribution in [3.05, 3.63) is 12.4 Å². The van der Waals surface area contributed by atoms with Crippen LogP contribution in [0.5, 0.6) is 0 Å².